The highest BCUT2D eigenvalue weighted by atomic mass is 79.9. The van der Waals surface area contributed by atoms with Crippen LogP contribution in [0.3, 0.4) is 0 Å². The Bertz CT molecular complexity index is 441. The van der Waals surface area contributed by atoms with Crippen LogP contribution >= 0.6 is 15.9 Å². The fourth-order valence-electron chi connectivity index (χ4n) is 2.34. The number of likely N-dealkylation sites (N-methyl/N-ethyl adjacent to an activating group) is 1. The summed E-state index contributed by atoms with van der Waals surface area (Å²) < 4.78 is 0.986. The van der Waals surface area contributed by atoms with Crippen molar-refractivity contribution in [3.05, 3.63) is 34.3 Å². The van der Waals surface area contributed by atoms with E-state index in [1.807, 2.05) is 24.3 Å². The molecular formula is C15H22BrN3O. The number of nitrogens with one attached hydrogen (secondary N) is 1. The van der Waals surface area contributed by atoms with E-state index in [0.29, 0.717) is 18.2 Å². The summed E-state index contributed by atoms with van der Waals surface area (Å²) in [6.07, 6.45) is 0. The molecule has 20 heavy (non-hydrogen) atoms. The molecule has 1 heterocycles. The first-order valence-electron chi connectivity index (χ1n) is 7.02. The molecule has 1 aromatic rings. The lowest BCUT2D eigenvalue weighted by atomic mass is 10.2. The average Bonchev–Trinajstić information content (AvgIpc) is 2.46. The summed E-state index contributed by atoms with van der Waals surface area (Å²) in [5, 5.41) is 3.02. The predicted octanol–water partition coefficient (Wildman–Crippen LogP) is 1.81. The van der Waals surface area contributed by atoms with Crippen molar-refractivity contribution in [2.45, 2.75) is 13.0 Å². The van der Waals surface area contributed by atoms with Crippen LogP contribution in [0.2, 0.25) is 0 Å². The van der Waals surface area contributed by atoms with Gasteiger partial charge in [0.05, 0.1) is 0 Å². The van der Waals surface area contributed by atoms with Gasteiger partial charge in [0.15, 0.2) is 0 Å². The van der Waals surface area contributed by atoms with Crippen LogP contribution < -0.4 is 5.32 Å². The van der Waals surface area contributed by atoms with Crippen LogP contribution in [0.5, 0.6) is 0 Å². The molecule has 1 unspecified atom stereocenters. The number of carbonyl (C=O) groups excluding carboxylic acids is 1. The molecule has 1 aromatic carbocycles. The normalized spacial score (nSPS) is 18.8. The Morgan fingerprint density at radius 2 is 1.85 bits per heavy atom. The third-order valence-electron chi connectivity index (χ3n) is 3.83. The first-order valence-corrected chi connectivity index (χ1v) is 7.82. The lowest BCUT2D eigenvalue weighted by molar-refractivity contribution is 0.0903. The molecule has 1 atom stereocenters. The number of hydrogen-bond acceptors (Lipinski definition) is 3. The minimum Gasteiger partial charge on any atom is -0.350 e. The van der Waals surface area contributed by atoms with Gasteiger partial charge in [-0.25, -0.2) is 0 Å². The zero-order chi connectivity index (χ0) is 14.5. The molecule has 1 aliphatic rings. The minimum absolute atomic E-state index is 0.00141. The maximum Gasteiger partial charge on any atom is 0.251 e. The van der Waals surface area contributed by atoms with Gasteiger partial charge in [0.25, 0.3) is 5.91 Å². The minimum atomic E-state index is -0.00141. The van der Waals surface area contributed by atoms with Gasteiger partial charge in [-0.1, -0.05) is 15.9 Å². The molecule has 0 spiro atoms. The van der Waals surface area contributed by atoms with Crippen molar-refractivity contribution < 1.29 is 4.79 Å². The number of rotatable bonds is 4. The molecule has 1 aliphatic heterocycles. The summed E-state index contributed by atoms with van der Waals surface area (Å²) in [7, 11) is 2.15. The summed E-state index contributed by atoms with van der Waals surface area (Å²) in [5.74, 6) is -0.00141. The predicted molar refractivity (Wildman–Crippen MR) is 85.0 cm³/mol. The van der Waals surface area contributed by atoms with E-state index in [0.717, 1.165) is 30.7 Å². The molecule has 5 heteroatoms. The highest BCUT2D eigenvalue weighted by molar-refractivity contribution is 9.10. The Hall–Kier alpha value is -0.910. The van der Waals surface area contributed by atoms with Gasteiger partial charge in [-0.05, 0) is 38.2 Å². The maximum absolute atomic E-state index is 12.0. The summed E-state index contributed by atoms with van der Waals surface area (Å²) in [4.78, 5) is 16.8. The average molecular weight is 340 g/mol. The lowest BCUT2D eigenvalue weighted by Gasteiger charge is -2.36. The van der Waals surface area contributed by atoms with Crippen LogP contribution in [0.1, 0.15) is 17.3 Å². The fourth-order valence-corrected chi connectivity index (χ4v) is 2.60. The smallest absolute Gasteiger partial charge is 0.251 e. The molecule has 0 saturated carbocycles. The van der Waals surface area contributed by atoms with Crippen molar-refractivity contribution in [3.8, 4) is 0 Å². The third-order valence-corrected chi connectivity index (χ3v) is 4.35. The highest BCUT2D eigenvalue weighted by Gasteiger charge is 2.19. The van der Waals surface area contributed by atoms with Gasteiger partial charge < -0.3 is 10.2 Å². The maximum atomic E-state index is 12.0. The van der Waals surface area contributed by atoms with E-state index in [1.165, 1.54) is 0 Å². The molecule has 110 valence electrons. The first-order chi connectivity index (χ1) is 9.56. The Kier molecular flexibility index (Phi) is 5.57. The van der Waals surface area contributed by atoms with Crippen molar-refractivity contribution in [2.75, 3.05) is 39.8 Å². The molecule has 0 radical (unpaired) electrons. The molecule has 2 rings (SSSR count). The number of piperazine rings is 1. The van der Waals surface area contributed by atoms with E-state index < -0.39 is 0 Å². The summed E-state index contributed by atoms with van der Waals surface area (Å²) in [6.45, 7) is 7.22. The Morgan fingerprint density at radius 1 is 1.25 bits per heavy atom. The van der Waals surface area contributed by atoms with Crippen LogP contribution in [0.15, 0.2) is 28.7 Å². The molecule has 1 amide bonds. The van der Waals surface area contributed by atoms with E-state index in [4.69, 9.17) is 0 Å². The van der Waals surface area contributed by atoms with Crippen LogP contribution in [0, 0.1) is 0 Å². The van der Waals surface area contributed by atoms with Gasteiger partial charge >= 0.3 is 0 Å². The second kappa shape index (κ2) is 7.20. The second-order valence-corrected chi connectivity index (χ2v) is 6.32. The zero-order valence-corrected chi connectivity index (χ0v) is 13.7. The Balaban J connectivity index is 1.79. The van der Waals surface area contributed by atoms with Crippen molar-refractivity contribution in [2.24, 2.45) is 0 Å². The van der Waals surface area contributed by atoms with Crippen LogP contribution in [-0.4, -0.2) is 61.5 Å². The van der Waals surface area contributed by atoms with E-state index in [9.17, 15) is 4.79 Å². The molecular weight excluding hydrogens is 318 g/mol. The highest BCUT2D eigenvalue weighted by Crippen LogP contribution is 2.10. The van der Waals surface area contributed by atoms with Crippen LogP contribution in [0.25, 0.3) is 0 Å². The molecule has 4 nitrogen and oxygen atoms in total. The molecule has 1 saturated heterocycles. The van der Waals surface area contributed by atoms with Crippen molar-refractivity contribution in [1.29, 1.82) is 0 Å². The standard InChI is InChI=1S/C15H22BrN3O/c1-12(19-9-7-18(2)8-10-19)11-17-15(20)13-3-5-14(16)6-4-13/h3-6,12H,7-11H2,1-2H3,(H,17,20). The van der Waals surface area contributed by atoms with E-state index in [2.05, 4.69) is 45.0 Å². The summed E-state index contributed by atoms with van der Waals surface area (Å²) in [5.41, 5.74) is 0.707. The topological polar surface area (TPSA) is 35.6 Å². The summed E-state index contributed by atoms with van der Waals surface area (Å²) in [6, 6.07) is 7.82. The van der Waals surface area contributed by atoms with Crippen molar-refractivity contribution in [3.63, 3.8) is 0 Å². The van der Waals surface area contributed by atoms with Crippen LogP contribution in [0.4, 0.5) is 0 Å². The second-order valence-electron chi connectivity index (χ2n) is 5.41. The van der Waals surface area contributed by atoms with Gasteiger partial charge in [-0.3, -0.25) is 9.69 Å². The van der Waals surface area contributed by atoms with E-state index in [1.54, 1.807) is 0 Å². The zero-order valence-electron chi connectivity index (χ0n) is 12.1. The van der Waals surface area contributed by atoms with E-state index in [-0.39, 0.29) is 5.91 Å². The number of benzene rings is 1. The van der Waals surface area contributed by atoms with Crippen molar-refractivity contribution in [1.82, 2.24) is 15.1 Å². The van der Waals surface area contributed by atoms with E-state index >= 15 is 0 Å². The summed E-state index contributed by atoms with van der Waals surface area (Å²) >= 11 is 3.37. The number of carbonyl (C=O) groups is 1. The Morgan fingerprint density at radius 3 is 2.45 bits per heavy atom. The molecule has 0 bridgehead atoms. The molecule has 1 fully saturated rings. The molecule has 0 aromatic heterocycles. The third kappa shape index (κ3) is 4.30. The Labute approximate surface area is 129 Å². The van der Waals surface area contributed by atoms with Gasteiger partial charge in [0, 0.05) is 48.8 Å². The first kappa shape index (κ1) is 15.5. The van der Waals surface area contributed by atoms with Gasteiger partial charge in [-0.2, -0.15) is 0 Å². The van der Waals surface area contributed by atoms with Crippen molar-refractivity contribution >= 4 is 21.8 Å². The van der Waals surface area contributed by atoms with Crippen LogP contribution in [-0.2, 0) is 0 Å². The monoisotopic (exact) mass is 339 g/mol. The SMILES string of the molecule is CC(CNC(=O)c1ccc(Br)cc1)N1CCN(C)CC1. The molecule has 0 aliphatic carbocycles. The fraction of sp³-hybridized carbons (Fsp3) is 0.533. The number of halogens is 1. The number of nitrogens with zero attached hydrogens (tertiary/aromatic N) is 2. The molecule has 1 N–H and O–H groups in total. The lowest BCUT2D eigenvalue weighted by Crippen LogP contribution is -2.51. The largest absolute Gasteiger partial charge is 0.350 e. The van der Waals surface area contributed by atoms with Gasteiger partial charge in [0.1, 0.15) is 0 Å². The quantitative estimate of drug-likeness (QED) is 0.908. The number of amides is 1. The van der Waals surface area contributed by atoms with Gasteiger partial charge in [0.2, 0.25) is 0 Å². The number of hydrogen-bond donors (Lipinski definition) is 1. The van der Waals surface area contributed by atoms with Gasteiger partial charge in [-0.15, -0.1) is 0 Å².